The number of unbranched alkanes of at least 4 members (excludes halogenated alkanes) is 1. The molecule has 0 aliphatic rings. The van der Waals surface area contributed by atoms with Crippen molar-refractivity contribution < 1.29 is 4.79 Å². The number of thiazole rings is 1. The van der Waals surface area contributed by atoms with E-state index in [2.05, 4.69) is 22.0 Å². The van der Waals surface area contributed by atoms with E-state index in [1.165, 1.54) is 11.2 Å². The van der Waals surface area contributed by atoms with Gasteiger partial charge in [0.2, 0.25) is 0 Å². The molecule has 0 atom stereocenters. The maximum atomic E-state index is 10.0. The molecule has 0 bridgehead atoms. The fraction of sp³-hybridized carbons (Fsp3) is 0.444. The molecule has 10 heteroatoms. The molecule has 0 saturated heterocycles. The molecule has 5 N–H and O–H groups in total. The van der Waals surface area contributed by atoms with Crippen LogP contribution in [-0.2, 0) is 4.79 Å². The molecule has 154 valence electrons. The summed E-state index contributed by atoms with van der Waals surface area (Å²) < 4.78 is 0. The summed E-state index contributed by atoms with van der Waals surface area (Å²) in [6, 6.07) is 2.02. The number of carbonyl (C=O) groups is 1. The van der Waals surface area contributed by atoms with Gasteiger partial charge in [-0.15, -0.1) is 23.1 Å². The number of nitrogens with zero attached hydrogens (tertiary/aromatic N) is 4. The van der Waals surface area contributed by atoms with Gasteiger partial charge in [-0.25, -0.2) is 10.8 Å². The lowest BCUT2D eigenvalue weighted by molar-refractivity contribution is -0.108. The fourth-order valence-electron chi connectivity index (χ4n) is 1.92. The zero-order valence-corrected chi connectivity index (χ0v) is 18.3. The van der Waals surface area contributed by atoms with E-state index in [1.54, 1.807) is 23.1 Å². The van der Waals surface area contributed by atoms with Crippen molar-refractivity contribution in [2.75, 3.05) is 19.5 Å². The molecule has 1 rings (SSSR count). The fourth-order valence-corrected chi connectivity index (χ4v) is 3.50. The van der Waals surface area contributed by atoms with Crippen LogP contribution in [0.5, 0.6) is 0 Å². The first-order valence-electron chi connectivity index (χ1n) is 8.55. The molecule has 1 heterocycles. The van der Waals surface area contributed by atoms with Crippen LogP contribution in [0.3, 0.4) is 0 Å². The molecule has 1 aromatic rings. The minimum absolute atomic E-state index is 0.124. The number of nitriles is 1. The van der Waals surface area contributed by atoms with E-state index < -0.39 is 0 Å². The van der Waals surface area contributed by atoms with Gasteiger partial charge in [0.1, 0.15) is 6.29 Å². The van der Waals surface area contributed by atoms with E-state index in [0.29, 0.717) is 31.2 Å². The highest BCUT2D eigenvalue weighted by molar-refractivity contribution is 8.02. The Bertz CT molecular complexity index is 707. The van der Waals surface area contributed by atoms with Crippen LogP contribution in [0.25, 0.3) is 5.70 Å². The molecular formula is C18H29N7OS2. The van der Waals surface area contributed by atoms with Crippen LogP contribution in [0.2, 0.25) is 0 Å². The highest BCUT2D eigenvalue weighted by Crippen LogP contribution is 2.28. The van der Waals surface area contributed by atoms with Crippen LogP contribution in [-0.4, -0.2) is 42.5 Å². The van der Waals surface area contributed by atoms with Gasteiger partial charge in [0.25, 0.3) is 0 Å². The molecular weight excluding hydrogens is 394 g/mol. The second-order valence-electron chi connectivity index (χ2n) is 5.55. The summed E-state index contributed by atoms with van der Waals surface area (Å²) in [5.41, 5.74) is 8.09. The maximum Gasteiger partial charge on any atom is 0.140 e. The number of aldehydes is 1. The molecule has 0 aliphatic carbocycles. The lowest BCUT2D eigenvalue weighted by Crippen LogP contribution is -2.28. The summed E-state index contributed by atoms with van der Waals surface area (Å²) >= 11 is 3.33. The summed E-state index contributed by atoms with van der Waals surface area (Å²) in [5, 5.41) is 15.6. The summed E-state index contributed by atoms with van der Waals surface area (Å²) in [6.45, 7) is 7.72. The number of aryl methyl sites for hydroxylation is 2. The van der Waals surface area contributed by atoms with Gasteiger partial charge in [-0.05, 0) is 45.9 Å². The van der Waals surface area contributed by atoms with Gasteiger partial charge in [0, 0.05) is 24.2 Å². The number of rotatable bonds is 11. The zero-order chi connectivity index (χ0) is 21.4. The Morgan fingerprint density at radius 1 is 1.54 bits per heavy atom. The van der Waals surface area contributed by atoms with Gasteiger partial charge in [-0.1, -0.05) is 0 Å². The van der Waals surface area contributed by atoms with Crippen LogP contribution in [0, 0.1) is 25.2 Å². The van der Waals surface area contributed by atoms with E-state index in [-0.39, 0.29) is 6.54 Å². The van der Waals surface area contributed by atoms with Crippen LogP contribution < -0.4 is 16.9 Å². The molecule has 0 aliphatic heterocycles. The summed E-state index contributed by atoms with van der Waals surface area (Å²) in [7, 11) is 1.92. The average Bonchev–Trinajstić information content (AvgIpc) is 2.98. The Balaban J connectivity index is 0.000000528. The number of hydrogen-bond donors (Lipinski definition) is 3. The van der Waals surface area contributed by atoms with E-state index in [9.17, 15) is 4.79 Å². The SMILES string of the molecule is C=N/C(=C\SCNC)c1sc(C)nc1C.N#CCCC/C(N)=C/N(N)CC=O. The van der Waals surface area contributed by atoms with Crippen molar-refractivity contribution in [3.63, 3.8) is 0 Å². The molecule has 28 heavy (non-hydrogen) atoms. The number of allylic oxidation sites excluding steroid dienone is 1. The number of nitrogens with two attached hydrogens (primary N) is 2. The van der Waals surface area contributed by atoms with Crippen LogP contribution in [0.15, 0.2) is 22.3 Å². The second kappa shape index (κ2) is 15.8. The van der Waals surface area contributed by atoms with E-state index >= 15 is 0 Å². The molecule has 8 nitrogen and oxygen atoms in total. The quantitative estimate of drug-likeness (QED) is 0.123. The van der Waals surface area contributed by atoms with E-state index in [1.807, 2.05) is 32.4 Å². The molecule has 1 aromatic heterocycles. The predicted octanol–water partition coefficient (Wildman–Crippen LogP) is 2.52. The lowest BCUT2D eigenvalue weighted by atomic mass is 10.2. The number of hydrogen-bond acceptors (Lipinski definition) is 10. The second-order valence-corrected chi connectivity index (χ2v) is 7.61. The summed E-state index contributed by atoms with van der Waals surface area (Å²) in [5.74, 6) is 6.24. The number of nitrogens with one attached hydrogen (secondary N) is 1. The first-order valence-corrected chi connectivity index (χ1v) is 10.4. The monoisotopic (exact) mass is 423 g/mol. The first kappa shape index (κ1) is 25.8. The van der Waals surface area contributed by atoms with Crippen LogP contribution in [0.1, 0.15) is 34.8 Å². The van der Waals surface area contributed by atoms with Gasteiger partial charge in [0.15, 0.2) is 0 Å². The number of hydrazine groups is 1. The molecule has 0 saturated carbocycles. The Kier molecular flexibility index (Phi) is 14.6. The highest BCUT2D eigenvalue weighted by Gasteiger charge is 2.08. The third-order valence-corrected chi connectivity index (χ3v) is 5.04. The zero-order valence-electron chi connectivity index (χ0n) is 16.6. The number of thioether (sulfide) groups is 1. The summed E-state index contributed by atoms with van der Waals surface area (Å²) in [4.78, 5) is 19.5. The number of aromatic nitrogens is 1. The first-order chi connectivity index (χ1) is 13.4. The van der Waals surface area contributed by atoms with Crippen LogP contribution >= 0.6 is 23.1 Å². The van der Waals surface area contributed by atoms with Crippen molar-refractivity contribution >= 4 is 41.8 Å². The van der Waals surface area contributed by atoms with Gasteiger partial charge in [-0.2, -0.15) is 5.26 Å². The minimum atomic E-state index is 0.124. The lowest BCUT2D eigenvalue weighted by Gasteiger charge is -2.10. The number of aliphatic imine (C=N–C) groups is 1. The predicted molar refractivity (Wildman–Crippen MR) is 119 cm³/mol. The van der Waals surface area contributed by atoms with Crippen molar-refractivity contribution in [2.45, 2.75) is 33.1 Å². The molecule has 0 amide bonds. The van der Waals surface area contributed by atoms with E-state index in [4.69, 9.17) is 16.8 Å². The largest absolute Gasteiger partial charge is 0.401 e. The Morgan fingerprint density at radius 2 is 2.25 bits per heavy atom. The van der Waals surface area contributed by atoms with E-state index in [0.717, 1.165) is 27.2 Å². The molecule has 0 spiro atoms. The van der Waals surface area contributed by atoms with Crippen molar-refractivity contribution in [3.8, 4) is 6.07 Å². The third kappa shape index (κ3) is 11.5. The standard InChI is InChI=1S/C10H15N3S2.C8H14N4O/c1-7-10(15-8(2)13-7)9(12-4)5-14-6-11-3;9-4-2-1-3-8(10)7-12(11)5-6-13/h5,11H,4,6H2,1-3H3;6-7H,1-3,5,10-11H2/b9-5-;8-7-. The molecule has 0 radical (unpaired) electrons. The third-order valence-electron chi connectivity index (χ3n) is 3.10. The maximum absolute atomic E-state index is 10.0. The van der Waals surface area contributed by atoms with Gasteiger partial charge in [0.05, 0.1) is 33.9 Å². The molecule has 0 unspecified atom stereocenters. The average molecular weight is 424 g/mol. The molecule has 0 aromatic carbocycles. The topological polar surface area (TPSA) is 133 Å². The van der Waals surface area contributed by atoms with Gasteiger partial charge >= 0.3 is 0 Å². The normalized spacial score (nSPS) is 11.2. The minimum Gasteiger partial charge on any atom is -0.401 e. The van der Waals surface area contributed by atoms with Crippen molar-refractivity contribution in [1.82, 2.24) is 15.3 Å². The highest BCUT2D eigenvalue weighted by atomic mass is 32.2. The smallest absolute Gasteiger partial charge is 0.140 e. The van der Waals surface area contributed by atoms with Crippen LogP contribution in [0.4, 0.5) is 0 Å². The van der Waals surface area contributed by atoms with Crippen molar-refractivity contribution in [1.29, 1.82) is 5.26 Å². The molecule has 0 fully saturated rings. The number of carbonyl (C=O) groups excluding carboxylic acids is 1. The Morgan fingerprint density at radius 3 is 2.75 bits per heavy atom. The summed E-state index contributed by atoms with van der Waals surface area (Å²) in [6.07, 6.45) is 4.02. The van der Waals surface area contributed by atoms with Gasteiger partial charge < -0.3 is 20.9 Å². The Labute approximate surface area is 175 Å². The Hall–Kier alpha value is -2.19. The van der Waals surface area contributed by atoms with Gasteiger partial charge in [-0.3, -0.25) is 4.99 Å². The van der Waals surface area contributed by atoms with Crippen molar-refractivity contribution in [2.24, 2.45) is 16.6 Å². The van der Waals surface area contributed by atoms with Crippen molar-refractivity contribution in [3.05, 3.63) is 32.9 Å².